The van der Waals surface area contributed by atoms with Gasteiger partial charge in [-0.25, -0.2) is 13.2 Å². The topological polar surface area (TPSA) is 139 Å². The highest BCUT2D eigenvalue weighted by Crippen LogP contribution is 2.52. The van der Waals surface area contributed by atoms with Crippen LogP contribution in [0.1, 0.15) is 85.8 Å². The van der Waals surface area contributed by atoms with Crippen LogP contribution in [0.25, 0.3) is 10.8 Å². The van der Waals surface area contributed by atoms with Crippen LogP contribution in [-0.4, -0.2) is 76.9 Å². The molecule has 0 radical (unpaired) electrons. The van der Waals surface area contributed by atoms with Crippen molar-refractivity contribution in [3.63, 3.8) is 0 Å². The van der Waals surface area contributed by atoms with Crippen molar-refractivity contribution in [3.05, 3.63) is 126 Å². The molecule has 5 aromatic rings. The first-order valence-electron chi connectivity index (χ1n) is 24.6. The molecule has 14 heteroatoms. The summed E-state index contributed by atoms with van der Waals surface area (Å²) in [4.78, 5) is 47.4. The van der Waals surface area contributed by atoms with Gasteiger partial charge in [0.15, 0.2) is 16.6 Å². The average molecular weight is 1010 g/mol. The van der Waals surface area contributed by atoms with Crippen LogP contribution in [0.15, 0.2) is 120 Å². The fraction of sp³-hybridized carbons (Fsp3) is 0.418. The molecule has 0 saturated carbocycles. The summed E-state index contributed by atoms with van der Waals surface area (Å²) in [5, 5.41) is 15.3. The van der Waals surface area contributed by atoms with Crippen molar-refractivity contribution in [1.29, 1.82) is 0 Å². The number of sulfonamides is 1. The number of nitrogens with zero attached hydrogens (tertiary/aromatic N) is 1. The summed E-state index contributed by atoms with van der Waals surface area (Å²) in [6.45, 7) is 19.8. The van der Waals surface area contributed by atoms with Gasteiger partial charge in [0.1, 0.15) is 16.1 Å². The number of aliphatic carboxylic acids is 1. The fourth-order valence-corrected chi connectivity index (χ4v) is 20.7. The molecular weight excluding hydrogens is 936 g/mol. The second-order valence-electron chi connectivity index (χ2n) is 20.4. The van der Waals surface area contributed by atoms with Gasteiger partial charge in [0.05, 0.1) is 23.8 Å². The molecule has 0 aliphatic carbocycles. The Labute approximate surface area is 412 Å². The molecule has 5 atom stereocenters. The summed E-state index contributed by atoms with van der Waals surface area (Å²) in [5.74, 6) is -4.72. The number of anilines is 1. The molecule has 3 unspecified atom stereocenters. The van der Waals surface area contributed by atoms with E-state index in [4.69, 9.17) is 8.85 Å². The standard InChI is InChI=1S/C55H71N2O8PSSi2/c1-12-43(45-36-39(34-35-64-69(13-2,14-3)15-4)44-32-25-33-46-48(44)51(45)67(62,63)56-46)50(58)37(5)49-47(38(6)65-68(10,11)55(7,8)9)52(59)57(49)53(54(60)61)66(40-26-19-16-20-27-40,41-28-21-17-22-29-41)42-30-23-18-24-31-42/h16-33,36-38,43,47,49,56H,12-15,34-35H2,1-11H3,(H,60,61)/t37-,38?,43?,47-,49?/m1/s1. The summed E-state index contributed by atoms with van der Waals surface area (Å²) in [7, 11) is -8.56. The van der Waals surface area contributed by atoms with E-state index in [-0.39, 0.29) is 27.6 Å². The molecule has 2 aliphatic rings. The smallest absolute Gasteiger partial charge is 0.353 e. The zero-order valence-corrected chi connectivity index (χ0v) is 45.9. The van der Waals surface area contributed by atoms with Gasteiger partial charge in [0.2, 0.25) is 5.91 Å². The van der Waals surface area contributed by atoms with Crippen LogP contribution < -0.4 is 20.6 Å². The molecule has 1 saturated heterocycles. The number of carbonyl (C=O) groups excluding carboxylic acids is 2. The minimum absolute atomic E-state index is 0.0848. The SMILES string of the molecule is CCC(C(=O)[C@H](C)C1[C@@H](C(C)O[Si](C)(C)C(C)(C)C)C(=O)N1C(C(=O)O)=P(c1ccccc1)(c1ccccc1)c1ccccc1)c1cc(CCO[Si](CC)(CC)CC)c2cccc3c2c1S(=O)(=O)N3. The van der Waals surface area contributed by atoms with Crippen molar-refractivity contribution >= 4 is 89.0 Å². The number of carboxylic acids is 1. The van der Waals surface area contributed by atoms with Gasteiger partial charge in [-0.15, -0.1) is 0 Å². The number of hydrogen-bond acceptors (Lipinski definition) is 7. The van der Waals surface area contributed by atoms with Crippen LogP contribution in [0, 0.1) is 11.8 Å². The first-order valence-corrected chi connectivity index (χ1v) is 33.3. The lowest BCUT2D eigenvalue weighted by atomic mass is 9.72. The van der Waals surface area contributed by atoms with E-state index in [1.807, 2.05) is 123 Å². The second-order valence-corrected chi connectivity index (χ2v) is 34.9. The number of benzene rings is 5. The normalized spacial score (nSPS) is 18.3. The maximum atomic E-state index is 15.9. The molecular formula is C55H71N2O8PSSi2. The van der Waals surface area contributed by atoms with Crippen molar-refractivity contribution in [2.45, 2.75) is 134 Å². The summed E-state index contributed by atoms with van der Waals surface area (Å²) >= 11 is 0. The monoisotopic (exact) mass is 1010 g/mol. The Morgan fingerprint density at radius 1 is 0.812 bits per heavy atom. The number of rotatable bonds is 20. The van der Waals surface area contributed by atoms with Crippen LogP contribution in [0.5, 0.6) is 0 Å². The number of carboxylic acid groups (broad SMARTS) is 1. The van der Waals surface area contributed by atoms with Crippen molar-refractivity contribution in [2.24, 2.45) is 11.8 Å². The molecule has 0 aromatic heterocycles. The van der Waals surface area contributed by atoms with Gasteiger partial charge in [-0.05, 0) is 94.5 Å². The average Bonchev–Trinajstić information content (AvgIpc) is 3.61. The minimum atomic E-state index is -4.08. The quantitative estimate of drug-likeness (QED) is 0.0446. The van der Waals surface area contributed by atoms with Crippen LogP contribution in [-0.2, 0) is 39.7 Å². The lowest BCUT2D eigenvalue weighted by Gasteiger charge is -2.54. The predicted octanol–water partition coefficient (Wildman–Crippen LogP) is 10.7. The zero-order chi connectivity index (χ0) is 50.3. The van der Waals surface area contributed by atoms with E-state index in [0.717, 1.165) is 45.0 Å². The van der Waals surface area contributed by atoms with Gasteiger partial charge < -0.3 is 18.9 Å². The van der Waals surface area contributed by atoms with E-state index in [9.17, 15) is 18.3 Å². The molecule has 1 fully saturated rings. The third-order valence-electron chi connectivity index (χ3n) is 15.7. The molecule has 1 amide bonds. The van der Waals surface area contributed by atoms with Crippen molar-refractivity contribution in [1.82, 2.24) is 4.90 Å². The maximum Gasteiger partial charge on any atom is 0.353 e. The molecule has 10 nitrogen and oxygen atoms in total. The Hall–Kier alpha value is -4.63. The number of amides is 1. The van der Waals surface area contributed by atoms with E-state index in [1.165, 1.54) is 4.90 Å². The van der Waals surface area contributed by atoms with E-state index in [0.29, 0.717) is 29.7 Å². The van der Waals surface area contributed by atoms with Gasteiger partial charge in [0.25, 0.3) is 10.0 Å². The van der Waals surface area contributed by atoms with E-state index < -0.39 is 75.3 Å². The van der Waals surface area contributed by atoms with Gasteiger partial charge in [-0.1, -0.05) is 165 Å². The highest BCUT2D eigenvalue weighted by atomic mass is 32.2. The number of likely N-dealkylation sites (tertiary alicyclic amines) is 1. The third-order valence-corrected chi connectivity index (χ3v) is 30.7. The van der Waals surface area contributed by atoms with Crippen LogP contribution in [0.4, 0.5) is 5.69 Å². The van der Waals surface area contributed by atoms with Crippen LogP contribution in [0.3, 0.4) is 0 Å². The van der Waals surface area contributed by atoms with Gasteiger partial charge >= 0.3 is 5.97 Å². The Kier molecular flexibility index (Phi) is 15.3. The molecule has 0 bridgehead atoms. The first-order chi connectivity index (χ1) is 32.7. The fourth-order valence-electron chi connectivity index (χ4n) is 10.8. The highest BCUT2D eigenvalue weighted by molar-refractivity contribution is 7.96. The number of carbonyl (C=O) groups is 3. The molecule has 69 heavy (non-hydrogen) atoms. The summed E-state index contributed by atoms with van der Waals surface area (Å²) in [6.07, 6.45) is 0.113. The van der Waals surface area contributed by atoms with Crippen LogP contribution >= 0.6 is 6.89 Å². The molecule has 0 spiro atoms. The Bertz CT molecular complexity index is 2770. The van der Waals surface area contributed by atoms with Crippen molar-refractivity contribution < 1.29 is 36.8 Å². The number of ketones is 1. The maximum absolute atomic E-state index is 15.9. The number of Topliss-reactive ketones (excluding diaryl/α,β-unsaturated/α-hetero) is 1. The van der Waals surface area contributed by atoms with Crippen molar-refractivity contribution in [3.8, 4) is 0 Å². The summed E-state index contributed by atoms with van der Waals surface area (Å²) in [5.41, 5.74) is 1.69. The van der Waals surface area contributed by atoms with Gasteiger partial charge in [-0.3, -0.25) is 14.3 Å². The molecule has 7 rings (SSSR count). The van der Waals surface area contributed by atoms with E-state index >= 15 is 9.59 Å². The van der Waals surface area contributed by atoms with Gasteiger partial charge in [-0.2, -0.15) is 0 Å². The third kappa shape index (κ3) is 9.28. The lowest BCUT2D eigenvalue weighted by Crippen LogP contribution is -2.71. The van der Waals surface area contributed by atoms with Crippen LogP contribution in [0.2, 0.25) is 36.3 Å². The largest absolute Gasteiger partial charge is 0.477 e. The Morgan fingerprint density at radius 3 is 1.80 bits per heavy atom. The number of nitrogens with one attached hydrogen (secondary N) is 1. The van der Waals surface area contributed by atoms with Gasteiger partial charge in [0, 0.05) is 30.7 Å². The molecule has 2 aliphatic heterocycles. The minimum Gasteiger partial charge on any atom is -0.477 e. The number of β-lactam (4-membered cyclic amide) rings is 1. The van der Waals surface area contributed by atoms with E-state index in [1.54, 1.807) is 13.0 Å². The van der Waals surface area contributed by atoms with Crippen molar-refractivity contribution in [2.75, 3.05) is 11.3 Å². The number of hydrogen-bond donors (Lipinski definition) is 2. The first kappa shape index (κ1) is 52.2. The molecule has 2 heterocycles. The lowest BCUT2D eigenvalue weighted by molar-refractivity contribution is -0.161. The predicted molar refractivity (Wildman–Crippen MR) is 288 cm³/mol. The Balaban J connectivity index is 1.46. The zero-order valence-electron chi connectivity index (χ0n) is 42.2. The summed E-state index contributed by atoms with van der Waals surface area (Å²) in [6, 6.07) is 38.1. The molecule has 368 valence electrons. The molecule has 2 N–H and O–H groups in total. The van der Waals surface area contributed by atoms with E-state index in [2.05, 4.69) is 59.4 Å². The molecule has 5 aromatic carbocycles. The highest BCUT2D eigenvalue weighted by Gasteiger charge is 2.60. The second kappa shape index (κ2) is 20.2. The summed E-state index contributed by atoms with van der Waals surface area (Å²) < 4.78 is 45.1. The Morgan fingerprint density at radius 2 is 1.33 bits per heavy atom.